The number of carbonyl (C=O) groups excluding carboxylic acids is 1. The monoisotopic (exact) mass is 398 g/mol. The van der Waals surface area contributed by atoms with Crippen LogP contribution >= 0.6 is 0 Å². The van der Waals surface area contributed by atoms with Crippen LogP contribution in [0.3, 0.4) is 0 Å². The standard InChI is InChI=1S/C20H18N2O5S/c1-21-28(25,26)17-10-11-19(23)18(13-17)22-20(24)14-6-5-9-16(12-14)27-15-7-3-2-4-8-15/h2-13,21,23H,1H3,(H,22,24). The zero-order valence-electron chi connectivity index (χ0n) is 14.9. The highest BCUT2D eigenvalue weighted by molar-refractivity contribution is 7.89. The average Bonchev–Trinajstić information content (AvgIpc) is 2.70. The highest BCUT2D eigenvalue weighted by Gasteiger charge is 2.16. The quantitative estimate of drug-likeness (QED) is 0.553. The third-order valence-corrected chi connectivity index (χ3v) is 5.28. The lowest BCUT2D eigenvalue weighted by Crippen LogP contribution is -2.19. The predicted molar refractivity (Wildman–Crippen MR) is 105 cm³/mol. The third-order valence-electron chi connectivity index (χ3n) is 3.87. The molecule has 0 aliphatic carbocycles. The van der Waals surface area contributed by atoms with Gasteiger partial charge in [-0.25, -0.2) is 13.1 Å². The number of hydrogen-bond acceptors (Lipinski definition) is 5. The second kappa shape index (κ2) is 8.12. The molecule has 0 aromatic heterocycles. The Labute approximate surface area is 162 Å². The Bertz CT molecular complexity index is 1100. The minimum atomic E-state index is -3.71. The molecule has 0 bridgehead atoms. The molecule has 8 heteroatoms. The highest BCUT2D eigenvalue weighted by Crippen LogP contribution is 2.27. The number of benzene rings is 3. The first-order valence-electron chi connectivity index (χ1n) is 8.30. The molecule has 0 aliphatic heterocycles. The predicted octanol–water partition coefficient (Wildman–Crippen LogP) is 3.34. The van der Waals surface area contributed by atoms with Crippen molar-refractivity contribution in [3.05, 3.63) is 78.4 Å². The summed E-state index contributed by atoms with van der Waals surface area (Å²) in [4.78, 5) is 12.5. The molecule has 0 unspecified atom stereocenters. The van der Waals surface area contributed by atoms with Crippen molar-refractivity contribution in [1.82, 2.24) is 4.72 Å². The van der Waals surface area contributed by atoms with Gasteiger partial charge in [-0.15, -0.1) is 0 Å². The lowest BCUT2D eigenvalue weighted by atomic mass is 10.2. The maximum absolute atomic E-state index is 12.6. The minimum absolute atomic E-state index is 0.0179. The van der Waals surface area contributed by atoms with E-state index in [2.05, 4.69) is 10.0 Å². The van der Waals surface area contributed by atoms with Gasteiger partial charge in [0.1, 0.15) is 17.2 Å². The second-order valence-corrected chi connectivity index (χ2v) is 7.67. The van der Waals surface area contributed by atoms with Crippen molar-refractivity contribution in [2.75, 3.05) is 12.4 Å². The van der Waals surface area contributed by atoms with Crippen LogP contribution in [0.2, 0.25) is 0 Å². The van der Waals surface area contributed by atoms with Gasteiger partial charge in [0.25, 0.3) is 5.91 Å². The van der Waals surface area contributed by atoms with Gasteiger partial charge >= 0.3 is 0 Å². The Kier molecular flexibility index (Phi) is 5.62. The van der Waals surface area contributed by atoms with Gasteiger partial charge in [-0.05, 0) is 55.6 Å². The number of anilines is 1. The summed E-state index contributed by atoms with van der Waals surface area (Å²) < 4.78 is 31.7. The number of rotatable bonds is 6. The van der Waals surface area contributed by atoms with Crippen LogP contribution in [-0.2, 0) is 10.0 Å². The molecule has 0 aliphatic rings. The molecule has 0 atom stereocenters. The molecule has 144 valence electrons. The van der Waals surface area contributed by atoms with Gasteiger partial charge in [0.15, 0.2) is 0 Å². The molecule has 28 heavy (non-hydrogen) atoms. The van der Waals surface area contributed by atoms with E-state index in [1.165, 1.54) is 25.2 Å². The molecule has 7 nitrogen and oxygen atoms in total. The average molecular weight is 398 g/mol. The third kappa shape index (κ3) is 4.48. The van der Waals surface area contributed by atoms with Crippen molar-refractivity contribution in [3.63, 3.8) is 0 Å². The smallest absolute Gasteiger partial charge is 0.255 e. The number of phenolic OH excluding ortho intramolecular Hbond substituents is 1. The molecular weight excluding hydrogens is 380 g/mol. The minimum Gasteiger partial charge on any atom is -0.506 e. The number of hydrogen-bond donors (Lipinski definition) is 3. The van der Waals surface area contributed by atoms with E-state index in [0.29, 0.717) is 11.5 Å². The number of nitrogens with one attached hydrogen (secondary N) is 2. The van der Waals surface area contributed by atoms with E-state index in [4.69, 9.17) is 4.74 Å². The number of para-hydroxylation sites is 1. The molecule has 0 radical (unpaired) electrons. The van der Waals surface area contributed by atoms with Crippen LogP contribution in [0.5, 0.6) is 17.2 Å². The van der Waals surface area contributed by atoms with Gasteiger partial charge in [0, 0.05) is 5.56 Å². The Morgan fingerprint density at radius 1 is 0.929 bits per heavy atom. The fraction of sp³-hybridized carbons (Fsp3) is 0.0500. The highest BCUT2D eigenvalue weighted by atomic mass is 32.2. The van der Waals surface area contributed by atoms with Crippen LogP contribution in [0.4, 0.5) is 5.69 Å². The fourth-order valence-corrected chi connectivity index (χ4v) is 3.18. The molecule has 0 fully saturated rings. The van der Waals surface area contributed by atoms with Crippen molar-refractivity contribution < 1.29 is 23.1 Å². The van der Waals surface area contributed by atoms with Gasteiger partial charge in [-0.3, -0.25) is 4.79 Å². The molecule has 3 rings (SSSR count). The fourth-order valence-electron chi connectivity index (χ4n) is 2.42. The van der Waals surface area contributed by atoms with Gasteiger partial charge in [0.2, 0.25) is 10.0 Å². The summed E-state index contributed by atoms with van der Waals surface area (Å²) in [6.45, 7) is 0. The number of sulfonamides is 1. The lowest BCUT2D eigenvalue weighted by molar-refractivity contribution is 0.102. The summed E-state index contributed by atoms with van der Waals surface area (Å²) >= 11 is 0. The van der Waals surface area contributed by atoms with E-state index in [-0.39, 0.29) is 21.9 Å². The maximum Gasteiger partial charge on any atom is 0.255 e. The summed E-state index contributed by atoms with van der Waals surface area (Å²) in [7, 11) is -2.44. The Hall–Kier alpha value is -3.36. The van der Waals surface area contributed by atoms with Gasteiger partial charge in [-0.1, -0.05) is 24.3 Å². The largest absolute Gasteiger partial charge is 0.506 e. The van der Waals surface area contributed by atoms with Crippen LogP contribution < -0.4 is 14.8 Å². The van der Waals surface area contributed by atoms with Crippen LogP contribution in [0.25, 0.3) is 0 Å². The Balaban J connectivity index is 1.82. The Morgan fingerprint density at radius 2 is 1.64 bits per heavy atom. The lowest BCUT2D eigenvalue weighted by Gasteiger charge is -2.11. The zero-order chi connectivity index (χ0) is 20.1. The number of aromatic hydroxyl groups is 1. The van der Waals surface area contributed by atoms with Crippen molar-refractivity contribution in [2.45, 2.75) is 4.90 Å². The normalized spacial score (nSPS) is 11.0. The van der Waals surface area contributed by atoms with E-state index in [1.54, 1.807) is 36.4 Å². The van der Waals surface area contributed by atoms with Crippen LogP contribution in [0.1, 0.15) is 10.4 Å². The summed E-state index contributed by atoms with van der Waals surface area (Å²) in [5.74, 6) is 0.324. The van der Waals surface area contributed by atoms with Crippen molar-refractivity contribution in [1.29, 1.82) is 0 Å². The van der Waals surface area contributed by atoms with Crippen LogP contribution in [0, 0.1) is 0 Å². The van der Waals surface area contributed by atoms with Crippen molar-refractivity contribution in [3.8, 4) is 17.2 Å². The number of phenols is 1. The van der Waals surface area contributed by atoms with E-state index in [0.717, 1.165) is 0 Å². The van der Waals surface area contributed by atoms with E-state index < -0.39 is 15.9 Å². The number of amides is 1. The Morgan fingerprint density at radius 3 is 2.36 bits per heavy atom. The summed E-state index contributed by atoms with van der Waals surface area (Å²) in [5.41, 5.74) is 0.269. The van der Waals surface area contributed by atoms with Gasteiger partial charge in [-0.2, -0.15) is 0 Å². The second-order valence-electron chi connectivity index (χ2n) is 5.78. The van der Waals surface area contributed by atoms with Crippen molar-refractivity contribution in [2.24, 2.45) is 0 Å². The molecule has 0 spiro atoms. The molecule has 3 aromatic rings. The molecule has 3 N–H and O–H groups in total. The first kappa shape index (κ1) is 19.4. The summed E-state index contributed by atoms with van der Waals surface area (Å²) in [6.07, 6.45) is 0. The molecule has 3 aromatic carbocycles. The molecule has 0 saturated carbocycles. The number of carbonyl (C=O) groups is 1. The summed E-state index contributed by atoms with van der Waals surface area (Å²) in [6, 6.07) is 19.2. The first-order chi connectivity index (χ1) is 13.4. The molecular formula is C20H18N2O5S. The van der Waals surface area contributed by atoms with Crippen molar-refractivity contribution >= 4 is 21.6 Å². The van der Waals surface area contributed by atoms with Crippen LogP contribution in [-0.4, -0.2) is 26.5 Å². The maximum atomic E-state index is 12.6. The van der Waals surface area contributed by atoms with Gasteiger partial charge in [0.05, 0.1) is 10.6 Å². The SMILES string of the molecule is CNS(=O)(=O)c1ccc(O)c(NC(=O)c2cccc(Oc3ccccc3)c2)c1. The molecule has 0 heterocycles. The van der Waals surface area contributed by atoms with E-state index in [9.17, 15) is 18.3 Å². The summed E-state index contributed by atoms with van der Waals surface area (Å²) in [5, 5.41) is 12.5. The van der Waals surface area contributed by atoms with Crippen LogP contribution in [0.15, 0.2) is 77.7 Å². The first-order valence-corrected chi connectivity index (χ1v) is 9.78. The topological polar surface area (TPSA) is 105 Å². The zero-order valence-corrected chi connectivity index (χ0v) is 15.7. The van der Waals surface area contributed by atoms with E-state index >= 15 is 0 Å². The number of ether oxygens (including phenoxy) is 1. The molecule has 0 saturated heterocycles. The molecule has 1 amide bonds. The van der Waals surface area contributed by atoms with Gasteiger partial charge < -0.3 is 15.2 Å². The van der Waals surface area contributed by atoms with E-state index in [1.807, 2.05) is 18.2 Å².